The Morgan fingerprint density at radius 2 is 2.06 bits per heavy atom. The Labute approximate surface area is 112 Å². The van der Waals surface area contributed by atoms with E-state index >= 15 is 0 Å². The van der Waals surface area contributed by atoms with Crippen molar-refractivity contribution >= 4 is 0 Å². The van der Waals surface area contributed by atoms with Crippen molar-refractivity contribution in [1.82, 2.24) is 15.2 Å². The Balaban J connectivity index is 2.12. The Bertz CT molecular complexity index is 325. The molecular weight excluding hydrogens is 222 g/mol. The van der Waals surface area contributed by atoms with Gasteiger partial charge in [0.25, 0.3) is 0 Å². The van der Waals surface area contributed by atoms with Crippen molar-refractivity contribution in [3.63, 3.8) is 0 Å². The summed E-state index contributed by atoms with van der Waals surface area (Å²) in [5.74, 6) is 0. The lowest BCUT2D eigenvalue weighted by Gasteiger charge is -2.16. The summed E-state index contributed by atoms with van der Waals surface area (Å²) >= 11 is 0. The summed E-state index contributed by atoms with van der Waals surface area (Å²) in [6, 6.07) is 6.24. The van der Waals surface area contributed by atoms with Crippen molar-refractivity contribution in [2.45, 2.75) is 39.7 Å². The molecular formula is C15H27N3. The molecule has 0 saturated heterocycles. The molecule has 0 amide bonds. The Hall–Kier alpha value is -0.930. The minimum absolute atomic E-state index is 0.953. The van der Waals surface area contributed by atoms with Gasteiger partial charge in [-0.25, -0.2) is 0 Å². The number of unbranched alkanes of at least 4 members (excludes halogenated alkanes) is 2. The minimum Gasteiger partial charge on any atom is -0.317 e. The van der Waals surface area contributed by atoms with Crippen LogP contribution in [0, 0.1) is 6.92 Å². The highest BCUT2D eigenvalue weighted by atomic mass is 15.1. The quantitative estimate of drug-likeness (QED) is 0.682. The normalized spacial score (nSPS) is 11.1. The molecule has 1 rings (SSSR count). The lowest BCUT2D eigenvalue weighted by molar-refractivity contribution is 0.313. The smallest absolute Gasteiger partial charge is 0.0547 e. The maximum absolute atomic E-state index is 4.53. The number of pyridine rings is 1. The SMILES string of the molecule is CCNCCCCCN(C)Cc1cccc(C)n1. The second kappa shape index (κ2) is 9.06. The van der Waals surface area contributed by atoms with Gasteiger partial charge < -0.3 is 10.2 Å². The van der Waals surface area contributed by atoms with E-state index in [9.17, 15) is 0 Å². The average Bonchev–Trinajstić information content (AvgIpc) is 2.33. The maximum Gasteiger partial charge on any atom is 0.0547 e. The van der Waals surface area contributed by atoms with Crippen molar-refractivity contribution in [3.8, 4) is 0 Å². The number of hydrogen-bond donors (Lipinski definition) is 1. The van der Waals surface area contributed by atoms with Crippen LogP contribution in [0.3, 0.4) is 0 Å². The first-order valence-electron chi connectivity index (χ1n) is 7.04. The Morgan fingerprint density at radius 3 is 2.78 bits per heavy atom. The summed E-state index contributed by atoms with van der Waals surface area (Å²) in [6.07, 6.45) is 3.86. The largest absolute Gasteiger partial charge is 0.317 e. The van der Waals surface area contributed by atoms with Gasteiger partial charge in [-0.2, -0.15) is 0 Å². The zero-order valence-electron chi connectivity index (χ0n) is 12.1. The van der Waals surface area contributed by atoms with Gasteiger partial charge in [0.2, 0.25) is 0 Å². The van der Waals surface area contributed by atoms with Crippen LogP contribution in [-0.4, -0.2) is 36.6 Å². The van der Waals surface area contributed by atoms with E-state index in [1.165, 1.54) is 25.0 Å². The van der Waals surface area contributed by atoms with Crippen LogP contribution in [-0.2, 0) is 6.54 Å². The molecule has 18 heavy (non-hydrogen) atoms. The molecule has 3 heteroatoms. The molecule has 0 aromatic carbocycles. The second-order valence-electron chi connectivity index (χ2n) is 4.92. The highest BCUT2D eigenvalue weighted by molar-refractivity contribution is 5.09. The van der Waals surface area contributed by atoms with Crippen molar-refractivity contribution in [1.29, 1.82) is 0 Å². The van der Waals surface area contributed by atoms with Gasteiger partial charge >= 0.3 is 0 Å². The van der Waals surface area contributed by atoms with Gasteiger partial charge in [0, 0.05) is 12.2 Å². The third-order valence-electron chi connectivity index (χ3n) is 3.02. The highest BCUT2D eigenvalue weighted by Crippen LogP contribution is 2.03. The Kier molecular flexibility index (Phi) is 7.62. The maximum atomic E-state index is 4.53. The van der Waals surface area contributed by atoms with Crippen LogP contribution in [0.5, 0.6) is 0 Å². The standard InChI is InChI=1S/C15H27N3/c1-4-16-11-6-5-7-12-18(3)13-15-10-8-9-14(2)17-15/h8-10,16H,4-7,11-13H2,1-3H3. The minimum atomic E-state index is 0.953. The lowest BCUT2D eigenvalue weighted by atomic mass is 10.2. The van der Waals surface area contributed by atoms with Crippen LogP contribution < -0.4 is 5.32 Å². The van der Waals surface area contributed by atoms with E-state index in [0.29, 0.717) is 0 Å². The van der Waals surface area contributed by atoms with E-state index in [1.54, 1.807) is 0 Å². The Morgan fingerprint density at radius 1 is 1.22 bits per heavy atom. The highest BCUT2D eigenvalue weighted by Gasteiger charge is 2.01. The molecule has 0 aliphatic heterocycles. The van der Waals surface area contributed by atoms with Crippen molar-refractivity contribution in [2.75, 3.05) is 26.7 Å². The molecule has 0 unspecified atom stereocenters. The molecule has 0 aliphatic rings. The molecule has 0 bridgehead atoms. The van der Waals surface area contributed by atoms with Gasteiger partial charge in [0.1, 0.15) is 0 Å². The molecule has 0 aliphatic carbocycles. The van der Waals surface area contributed by atoms with Crippen molar-refractivity contribution < 1.29 is 0 Å². The number of nitrogens with one attached hydrogen (secondary N) is 1. The summed E-state index contributed by atoms with van der Waals surface area (Å²) in [6.45, 7) is 8.54. The van der Waals surface area contributed by atoms with Gasteiger partial charge in [-0.3, -0.25) is 4.98 Å². The molecule has 0 atom stereocenters. The van der Waals surface area contributed by atoms with Crippen LogP contribution in [0.15, 0.2) is 18.2 Å². The van der Waals surface area contributed by atoms with Gasteiger partial charge in [-0.05, 0) is 58.6 Å². The summed E-state index contributed by atoms with van der Waals surface area (Å²) in [5.41, 5.74) is 2.27. The van der Waals surface area contributed by atoms with Gasteiger partial charge in [-0.15, -0.1) is 0 Å². The van der Waals surface area contributed by atoms with Gasteiger partial charge in [-0.1, -0.05) is 19.4 Å². The van der Waals surface area contributed by atoms with Crippen LogP contribution in [0.2, 0.25) is 0 Å². The fraction of sp³-hybridized carbons (Fsp3) is 0.667. The monoisotopic (exact) mass is 249 g/mol. The number of nitrogens with zero attached hydrogens (tertiary/aromatic N) is 2. The number of hydrogen-bond acceptors (Lipinski definition) is 3. The summed E-state index contributed by atoms with van der Waals surface area (Å²) in [4.78, 5) is 6.89. The molecule has 0 radical (unpaired) electrons. The first-order valence-corrected chi connectivity index (χ1v) is 7.04. The molecule has 0 spiro atoms. The fourth-order valence-electron chi connectivity index (χ4n) is 2.03. The summed E-state index contributed by atoms with van der Waals surface area (Å²) in [5, 5.41) is 3.36. The van der Waals surface area contributed by atoms with E-state index < -0.39 is 0 Å². The number of aryl methyl sites for hydroxylation is 1. The van der Waals surface area contributed by atoms with E-state index in [1.807, 2.05) is 13.0 Å². The molecule has 102 valence electrons. The molecule has 0 fully saturated rings. The van der Waals surface area contributed by atoms with Crippen molar-refractivity contribution in [2.24, 2.45) is 0 Å². The van der Waals surface area contributed by atoms with Gasteiger partial charge in [0.05, 0.1) is 5.69 Å². The van der Waals surface area contributed by atoms with Crippen LogP contribution in [0.1, 0.15) is 37.6 Å². The van der Waals surface area contributed by atoms with E-state index in [2.05, 4.69) is 41.3 Å². The number of rotatable bonds is 9. The summed E-state index contributed by atoms with van der Waals surface area (Å²) in [7, 11) is 2.17. The van der Waals surface area contributed by atoms with Gasteiger partial charge in [0.15, 0.2) is 0 Å². The van der Waals surface area contributed by atoms with E-state index in [-0.39, 0.29) is 0 Å². The third-order valence-corrected chi connectivity index (χ3v) is 3.02. The zero-order valence-corrected chi connectivity index (χ0v) is 12.1. The first-order chi connectivity index (χ1) is 8.72. The van der Waals surface area contributed by atoms with E-state index in [4.69, 9.17) is 0 Å². The number of aromatic nitrogens is 1. The molecule has 1 heterocycles. The third kappa shape index (κ3) is 6.72. The molecule has 1 N–H and O–H groups in total. The average molecular weight is 249 g/mol. The van der Waals surface area contributed by atoms with E-state index in [0.717, 1.165) is 31.9 Å². The summed E-state index contributed by atoms with van der Waals surface area (Å²) < 4.78 is 0. The first kappa shape index (κ1) is 15.1. The lowest BCUT2D eigenvalue weighted by Crippen LogP contribution is -2.20. The molecule has 0 saturated carbocycles. The predicted octanol–water partition coefficient (Wildman–Crippen LogP) is 2.60. The molecule has 3 nitrogen and oxygen atoms in total. The van der Waals surface area contributed by atoms with Crippen LogP contribution in [0.4, 0.5) is 0 Å². The zero-order chi connectivity index (χ0) is 13.2. The predicted molar refractivity (Wildman–Crippen MR) is 77.7 cm³/mol. The topological polar surface area (TPSA) is 28.2 Å². The molecule has 1 aromatic rings. The molecule has 1 aromatic heterocycles. The van der Waals surface area contributed by atoms with Crippen LogP contribution in [0.25, 0.3) is 0 Å². The van der Waals surface area contributed by atoms with Crippen molar-refractivity contribution in [3.05, 3.63) is 29.6 Å². The fourth-order valence-corrected chi connectivity index (χ4v) is 2.03. The van der Waals surface area contributed by atoms with Crippen LogP contribution >= 0.6 is 0 Å². The second-order valence-corrected chi connectivity index (χ2v) is 4.92.